The van der Waals surface area contributed by atoms with E-state index >= 15 is 0 Å². The number of ether oxygens (including phenoxy) is 6. The van der Waals surface area contributed by atoms with Crippen LogP contribution in [-0.4, -0.2) is 87.1 Å². The van der Waals surface area contributed by atoms with Crippen LogP contribution in [-0.2, 0) is 52.4 Å². The summed E-state index contributed by atoms with van der Waals surface area (Å²) in [6.45, 7) is 5.23. The van der Waals surface area contributed by atoms with Crippen LogP contribution in [0.15, 0.2) is 16.9 Å². The Morgan fingerprint density at radius 2 is 1.49 bits per heavy atom. The van der Waals surface area contributed by atoms with Gasteiger partial charge in [-0.15, -0.1) is 0 Å². The third-order valence-electron chi connectivity index (χ3n) is 6.36. The molecule has 0 radical (unpaired) electrons. The fourth-order valence-corrected chi connectivity index (χ4v) is 4.49. The second kappa shape index (κ2) is 20.9. The van der Waals surface area contributed by atoms with Gasteiger partial charge >= 0.3 is 23.9 Å². The van der Waals surface area contributed by atoms with Crippen molar-refractivity contribution in [1.29, 1.82) is 0 Å². The third kappa shape index (κ3) is 15.3. The summed E-state index contributed by atoms with van der Waals surface area (Å²) in [5.41, 5.74) is 9.17. The van der Waals surface area contributed by atoms with E-state index in [1.165, 1.54) is 33.8 Å². The van der Waals surface area contributed by atoms with E-state index in [9.17, 15) is 29.5 Å². The van der Waals surface area contributed by atoms with Crippen LogP contribution in [0.4, 0.5) is 0 Å². The molecule has 1 aliphatic rings. The van der Waals surface area contributed by atoms with Gasteiger partial charge in [0.25, 0.3) is 0 Å². The van der Waals surface area contributed by atoms with Crippen molar-refractivity contribution < 1.29 is 52.4 Å². The molecule has 1 aliphatic heterocycles. The van der Waals surface area contributed by atoms with Crippen LogP contribution in [0, 0.1) is 0 Å². The van der Waals surface area contributed by atoms with Gasteiger partial charge in [0, 0.05) is 39.2 Å². The van der Waals surface area contributed by atoms with E-state index in [0.29, 0.717) is 13.0 Å². The van der Waals surface area contributed by atoms with E-state index in [0.717, 1.165) is 52.1 Å². The number of carbonyl (C=O) groups excluding carboxylic acids is 5. The quantitative estimate of drug-likeness (QED) is 0.0528. The largest absolute Gasteiger partial charge is 0.478 e. The SMILES string of the molecule is COC(=O)C1=C[C@H](N=[N+]=[N-])[C@@H](NC(C)=O)[C@H]([C@H](OCCCCCCCCCCOC(C)=O)[C@@H](COC(C)=O)OC(C)=O)O1. The molecule has 43 heavy (non-hydrogen) atoms. The normalized spacial score (nSPS) is 18.9. The minimum absolute atomic E-state index is 0.182. The summed E-state index contributed by atoms with van der Waals surface area (Å²) in [6, 6.07) is -2.13. The van der Waals surface area contributed by atoms with Gasteiger partial charge in [0.1, 0.15) is 18.8 Å². The number of nitrogens with zero attached hydrogens (tertiary/aromatic N) is 3. The molecule has 0 aliphatic carbocycles. The number of azide groups is 1. The van der Waals surface area contributed by atoms with Crippen molar-refractivity contribution in [2.45, 2.75) is 109 Å². The van der Waals surface area contributed by atoms with Gasteiger partial charge in [0.2, 0.25) is 11.7 Å². The summed E-state index contributed by atoms with van der Waals surface area (Å²) in [4.78, 5) is 61.8. The first-order chi connectivity index (χ1) is 20.5. The maximum atomic E-state index is 12.4. The second-order valence-corrected chi connectivity index (χ2v) is 9.98. The number of hydrogen-bond donors (Lipinski definition) is 1. The Balaban J connectivity index is 3.04. The molecule has 0 fully saturated rings. The Hall–Kier alpha value is -3.84. The van der Waals surface area contributed by atoms with Crippen LogP contribution >= 0.6 is 0 Å². The summed E-state index contributed by atoms with van der Waals surface area (Å²) in [5, 5.41) is 6.38. The van der Waals surface area contributed by atoms with Crippen molar-refractivity contribution in [2.75, 3.05) is 26.9 Å². The van der Waals surface area contributed by atoms with Gasteiger partial charge in [-0.05, 0) is 24.4 Å². The maximum Gasteiger partial charge on any atom is 0.372 e. The summed E-state index contributed by atoms with van der Waals surface area (Å²) >= 11 is 0. The molecule has 1 amide bonds. The lowest BCUT2D eigenvalue weighted by atomic mass is 9.92. The molecular weight excluding hydrogens is 568 g/mol. The molecule has 0 bridgehead atoms. The molecule has 5 atom stereocenters. The van der Waals surface area contributed by atoms with Gasteiger partial charge in [0.05, 0.1) is 25.8 Å². The highest BCUT2D eigenvalue weighted by molar-refractivity contribution is 5.86. The van der Waals surface area contributed by atoms with Crippen molar-refractivity contribution in [2.24, 2.45) is 5.11 Å². The lowest BCUT2D eigenvalue weighted by molar-refractivity contribution is -0.182. The first-order valence-electron chi connectivity index (χ1n) is 14.3. The van der Waals surface area contributed by atoms with Crippen molar-refractivity contribution in [3.8, 4) is 0 Å². The lowest BCUT2D eigenvalue weighted by Gasteiger charge is -2.41. The number of hydrogen-bond acceptors (Lipinski definition) is 12. The molecule has 1 rings (SSSR count). The first kappa shape index (κ1) is 37.2. The highest BCUT2D eigenvalue weighted by atomic mass is 16.6. The van der Waals surface area contributed by atoms with Gasteiger partial charge in [-0.1, -0.05) is 43.6 Å². The zero-order chi connectivity index (χ0) is 32.2. The van der Waals surface area contributed by atoms with Crippen LogP contribution in [0.2, 0.25) is 0 Å². The number of unbranched alkanes of at least 4 members (excludes halogenated alkanes) is 7. The predicted octanol–water partition coefficient (Wildman–Crippen LogP) is 3.19. The molecule has 0 aromatic heterocycles. The summed E-state index contributed by atoms with van der Waals surface area (Å²) < 4.78 is 32.4. The minimum atomic E-state index is -1.22. The second-order valence-electron chi connectivity index (χ2n) is 9.98. The predicted molar refractivity (Wildman–Crippen MR) is 151 cm³/mol. The van der Waals surface area contributed by atoms with Crippen molar-refractivity contribution in [3.05, 3.63) is 22.3 Å². The number of methoxy groups -OCH3 is 1. The van der Waals surface area contributed by atoms with E-state index < -0.39 is 60.8 Å². The topological polar surface area (TPSA) is 202 Å². The van der Waals surface area contributed by atoms with Crippen molar-refractivity contribution in [3.63, 3.8) is 0 Å². The van der Waals surface area contributed by atoms with Gasteiger partial charge < -0.3 is 33.7 Å². The minimum Gasteiger partial charge on any atom is -0.478 e. The van der Waals surface area contributed by atoms with E-state index in [4.69, 9.17) is 28.4 Å². The molecule has 1 heterocycles. The molecule has 0 saturated carbocycles. The monoisotopic (exact) mass is 612 g/mol. The Bertz CT molecular complexity index is 1010. The first-order valence-corrected chi connectivity index (χ1v) is 14.3. The maximum absolute atomic E-state index is 12.4. The Morgan fingerprint density at radius 1 is 0.907 bits per heavy atom. The van der Waals surface area contributed by atoms with Crippen LogP contribution in [0.3, 0.4) is 0 Å². The van der Waals surface area contributed by atoms with Crippen LogP contribution in [0.5, 0.6) is 0 Å². The summed E-state index contributed by atoms with van der Waals surface area (Å²) in [7, 11) is 1.14. The number of carbonyl (C=O) groups is 5. The zero-order valence-corrected chi connectivity index (χ0v) is 25.6. The highest BCUT2D eigenvalue weighted by Gasteiger charge is 2.46. The van der Waals surface area contributed by atoms with Crippen LogP contribution < -0.4 is 5.32 Å². The Labute approximate surface area is 251 Å². The van der Waals surface area contributed by atoms with E-state index in [1.807, 2.05) is 0 Å². The van der Waals surface area contributed by atoms with E-state index in [-0.39, 0.29) is 18.3 Å². The van der Waals surface area contributed by atoms with Crippen LogP contribution in [0.1, 0.15) is 79.1 Å². The molecule has 0 saturated heterocycles. The zero-order valence-electron chi connectivity index (χ0n) is 25.6. The van der Waals surface area contributed by atoms with Gasteiger partial charge in [-0.2, -0.15) is 0 Å². The van der Waals surface area contributed by atoms with Gasteiger partial charge in [0.15, 0.2) is 6.10 Å². The lowest BCUT2D eigenvalue weighted by Crippen LogP contribution is -2.60. The standard InChI is InChI=1S/C28H44N4O11/c1-18(33)30-25-22(31-32-29)16-23(28(37)38-5)43-27(25)26(24(42-21(4)36)17-41-20(3)35)40-15-13-11-9-7-6-8-10-12-14-39-19(2)34/h16,22,24-27H,6-15,17H2,1-5H3,(H,30,33)/t22-,24+,25+,26+,27+/m0/s1. The molecule has 0 unspecified atom stereocenters. The van der Waals surface area contributed by atoms with Gasteiger partial charge in [-0.3, -0.25) is 19.2 Å². The van der Waals surface area contributed by atoms with Crippen molar-refractivity contribution in [1.82, 2.24) is 5.32 Å². The number of nitrogens with one attached hydrogen (secondary N) is 1. The van der Waals surface area contributed by atoms with E-state index in [1.54, 1.807) is 0 Å². The molecule has 15 heteroatoms. The smallest absolute Gasteiger partial charge is 0.372 e. The molecule has 0 spiro atoms. The van der Waals surface area contributed by atoms with Gasteiger partial charge in [-0.25, -0.2) is 4.79 Å². The third-order valence-corrected chi connectivity index (χ3v) is 6.36. The molecule has 0 aromatic carbocycles. The number of amides is 1. The summed E-state index contributed by atoms with van der Waals surface area (Å²) in [6.07, 6.45) is 4.95. The number of rotatable bonds is 20. The van der Waals surface area contributed by atoms with Crippen LogP contribution in [0.25, 0.3) is 10.4 Å². The molecule has 1 N–H and O–H groups in total. The fourth-order valence-electron chi connectivity index (χ4n) is 4.49. The molecular formula is C28H44N4O11. The summed E-state index contributed by atoms with van der Waals surface area (Å²) in [5.74, 6) is -3.24. The van der Waals surface area contributed by atoms with Crippen molar-refractivity contribution >= 4 is 29.8 Å². The molecule has 15 nitrogen and oxygen atoms in total. The average molecular weight is 613 g/mol. The average Bonchev–Trinajstić information content (AvgIpc) is 2.93. The molecule has 242 valence electrons. The highest BCUT2D eigenvalue weighted by Crippen LogP contribution is 2.28. The molecule has 0 aromatic rings. The van der Waals surface area contributed by atoms with E-state index in [2.05, 4.69) is 15.3 Å². The number of esters is 4. The Kier molecular flexibility index (Phi) is 18.1. The Morgan fingerprint density at radius 3 is 2.00 bits per heavy atom. The fraction of sp³-hybridized carbons (Fsp3) is 0.750.